The molecular weight excluding hydrogens is 246 g/mol. The molecule has 0 amide bonds. The molecule has 3 rings (SSSR count). The predicted molar refractivity (Wildman–Crippen MR) is 73.3 cm³/mol. The van der Waals surface area contributed by atoms with Gasteiger partial charge in [-0.05, 0) is 60.5 Å². The smallest absolute Gasteiger partial charge is 0.335 e. The lowest BCUT2D eigenvalue weighted by molar-refractivity contribution is 0.0697. The highest BCUT2D eigenvalue weighted by Crippen LogP contribution is 2.28. The van der Waals surface area contributed by atoms with Crippen LogP contribution in [-0.2, 0) is 6.54 Å². The molecule has 0 spiro atoms. The zero-order valence-electron chi connectivity index (χ0n) is 10.1. The Kier molecular flexibility index (Phi) is 3.06. The summed E-state index contributed by atoms with van der Waals surface area (Å²) in [5.41, 5.74) is 1.64. The van der Waals surface area contributed by atoms with Crippen molar-refractivity contribution in [3.8, 4) is 0 Å². The van der Waals surface area contributed by atoms with Crippen LogP contribution >= 0.6 is 11.3 Å². The van der Waals surface area contributed by atoms with E-state index in [0.29, 0.717) is 5.56 Å². The van der Waals surface area contributed by atoms with E-state index in [-0.39, 0.29) is 0 Å². The first-order valence-electron chi connectivity index (χ1n) is 6.20. The number of aromatic carboxylic acids is 1. The van der Waals surface area contributed by atoms with Crippen molar-refractivity contribution < 1.29 is 9.90 Å². The topological polar surface area (TPSA) is 40.5 Å². The van der Waals surface area contributed by atoms with Gasteiger partial charge in [0.25, 0.3) is 0 Å². The molecule has 4 heteroatoms. The molecule has 0 atom stereocenters. The van der Waals surface area contributed by atoms with Gasteiger partial charge in [0.05, 0.1) is 5.56 Å². The molecule has 1 aliphatic rings. The first-order chi connectivity index (χ1) is 8.74. The Labute approximate surface area is 110 Å². The minimum Gasteiger partial charge on any atom is -0.478 e. The van der Waals surface area contributed by atoms with Crippen LogP contribution in [0.3, 0.4) is 0 Å². The van der Waals surface area contributed by atoms with Gasteiger partial charge in [-0.1, -0.05) is 0 Å². The van der Waals surface area contributed by atoms with Crippen LogP contribution < -0.4 is 0 Å². The zero-order chi connectivity index (χ0) is 12.5. The molecule has 18 heavy (non-hydrogen) atoms. The van der Waals surface area contributed by atoms with Gasteiger partial charge in [0.2, 0.25) is 0 Å². The molecule has 0 saturated carbocycles. The number of carboxylic acids is 1. The molecule has 0 aliphatic carbocycles. The SMILES string of the molecule is O=C(O)c1ccc2scc(CN3CCCC3)c2c1. The Bertz CT molecular complexity index is 584. The van der Waals surface area contributed by atoms with Crippen LogP contribution in [0.5, 0.6) is 0 Å². The second-order valence-corrected chi connectivity index (χ2v) is 5.67. The average Bonchev–Trinajstić information content (AvgIpc) is 2.99. The summed E-state index contributed by atoms with van der Waals surface area (Å²) in [4.78, 5) is 13.5. The lowest BCUT2D eigenvalue weighted by Crippen LogP contribution is -2.18. The highest BCUT2D eigenvalue weighted by atomic mass is 32.1. The monoisotopic (exact) mass is 261 g/mol. The van der Waals surface area contributed by atoms with Crippen LogP contribution in [0.25, 0.3) is 10.1 Å². The maximum absolute atomic E-state index is 11.0. The Morgan fingerprint density at radius 3 is 2.83 bits per heavy atom. The van der Waals surface area contributed by atoms with E-state index in [2.05, 4.69) is 10.3 Å². The molecule has 2 heterocycles. The number of hydrogen-bond donors (Lipinski definition) is 1. The van der Waals surface area contributed by atoms with Crippen LogP contribution in [0.1, 0.15) is 28.8 Å². The van der Waals surface area contributed by atoms with E-state index in [9.17, 15) is 4.79 Å². The minimum absolute atomic E-state index is 0.378. The standard InChI is InChI=1S/C14H15NO2S/c16-14(17)10-3-4-13-12(7-10)11(9-18-13)8-15-5-1-2-6-15/h3-4,7,9H,1-2,5-6,8H2,(H,16,17). The molecule has 0 unspecified atom stereocenters. The largest absolute Gasteiger partial charge is 0.478 e. The fourth-order valence-corrected chi connectivity index (χ4v) is 3.45. The normalized spacial score (nSPS) is 16.4. The number of likely N-dealkylation sites (tertiary alicyclic amines) is 1. The van der Waals surface area contributed by atoms with Gasteiger partial charge in [0, 0.05) is 11.2 Å². The Morgan fingerprint density at radius 2 is 2.11 bits per heavy atom. The number of carbonyl (C=O) groups is 1. The van der Waals surface area contributed by atoms with Crippen LogP contribution in [0.15, 0.2) is 23.6 Å². The molecule has 0 radical (unpaired) electrons. The van der Waals surface area contributed by atoms with Crippen molar-refractivity contribution in [1.82, 2.24) is 4.90 Å². The lowest BCUT2D eigenvalue weighted by Gasteiger charge is -2.13. The van der Waals surface area contributed by atoms with Gasteiger partial charge < -0.3 is 5.11 Å². The van der Waals surface area contributed by atoms with E-state index >= 15 is 0 Å². The third-order valence-electron chi connectivity index (χ3n) is 3.49. The second-order valence-electron chi connectivity index (χ2n) is 4.76. The van der Waals surface area contributed by atoms with Gasteiger partial charge in [0.15, 0.2) is 0 Å². The summed E-state index contributed by atoms with van der Waals surface area (Å²) in [6.45, 7) is 3.27. The van der Waals surface area contributed by atoms with E-state index in [4.69, 9.17) is 5.11 Å². The van der Waals surface area contributed by atoms with Crippen molar-refractivity contribution in [3.63, 3.8) is 0 Å². The summed E-state index contributed by atoms with van der Waals surface area (Å²) in [7, 11) is 0. The van der Waals surface area contributed by atoms with Crippen molar-refractivity contribution in [1.29, 1.82) is 0 Å². The molecule has 1 aliphatic heterocycles. The third kappa shape index (κ3) is 2.13. The van der Waals surface area contributed by atoms with Gasteiger partial charge in [-0.15, -0.1) is 11.3 Å². The van der Waals surface area contributed by atoms with E-state index in [0.717, 1.165) is 25.0 Å². The van der Waals surface area contributed by atoms with Crippen molar-refractivity contribution in [3.05, 3.63) is 34.7 Å². The van der Waals surface area contributed by atoms with E-state index in [1.807, 2.05) is 6.07 Å². The number of rotatable bonds is 3. The quantitative estimate of drug-likeness (QED) is 0.922. The molecule has 94 valence electrons. The predicted octanol–water partition coefficient (Wildman–Crippen LogP) is 3.20. The molecule has 0 bridgehead atoms. The highest BCUT2D eigenvalue weighted by molar-refractivity contribution is 7.17. The number of benzene rings is 1. The van der Waals surface area contributed by atoms with Gasteiger partial charge in [-0.2, -0.15) is 0 Å². The lowest BCUT2D eigenvalue weighted by atomic mass is 10.1. The number of hydrogen-bond acceptors (Lipinski definition) is 3. The summed E-state index contributed by atoms with van der Waals surface area (Å²) in [6, 6.07) is 5.40. The maximum atomic E-state index is 11.0. The molecule has 1 aromatic heterocycles. The summed E-state index contributed by atoms with van der Waals surface area (Å²) in [6.07, 6.45) is 2.56. The molecule has 1 fully saturated rings. The average molecular weight is 261 g/mol. The number of thiophene rings is 1. The molecular formula is C14H15NO2S. The minimum atomic E-state index is -0.852. The summed E-state index contributed by atoms with van der Waals surface area (Å²) < 4.78 is 1.18. The van der Waals surface area contributed by atoms with Crippen molar-refractivity contribution in [2.75, 3.05) is 13.1 Å². The highest BCUT2D eigenvalue weighted by Gasteiger charge is 2.15. The van der Waals surface area contributed by atoms with Crippen LogP contribution in [0.2, 0.25) is 0 Å². The molecule has 1 saturated heterocycles. The Hall–Kier alpha value is -1.39. The Balaban J connectivity index is 1.95. The molecule has 3 nitrogen and oxygen atoms in total. The van der Waals surface area contributed by atoms with Gasteiger partial charge >= 0.3 is 5.97 Å². The summed E-state index contributed by atoms with van der Waals surface area (Å²) in [5.74, 6) is -0.852. The van der Waals surface area contributed by atoms with Gasteiger partial charge in [-0.3, -0.25) is 4.90 Å². The molecule has 1 aromatic carbocycles. The first kappa shape index (κ1) is 11.7. The van der Waals surface area contributed by atoms with E-state index in [1.165, 1.54) is 23.1 Å². The van der Waals surface area contributed by atoms with E-state index < -0.39 is 5.97 Å². The maximum Gasteiger partial charge on any atom is 0.335 e. The van der Waals surface area contributed by atoms with Crippen molar-refractivity contribution in [2.45, 2.75) is 19.4 Å². The number of nitrogens with zero attached hydrogens (tertiary/aromatic N) is 1. The van der Waals surface area contributed by atoms with Crippen LogP contribution in [-0.4, -0.2) is 29.1 Å². The summed E-state index contributed by atoms with van der Waals surface area (Å²) in [5, 5.41) is 12.3. The zero-order valence-corrected chi connectivity index (χ0v) is 10.9. The van der Waals surface area contributed by atoms with E-state index in [1.54, 1.807) is 23.5 Å². The fourth-order valence-electron chi connectivity index (χ4n) is 2.52. The van der Waals surface area contributed by atoms with Crippen molar-refractivity contribution >= 4 is 27.4 Å². The summed E-state index contributed by atoms with van der Waals surface area (Å²) >= 11 is 1.70. The fraction of sp³-hybridized carbons (Fsp3) is 0.357. The molecule has 2 aromatic rings. The van der Waals surface area contributed by atoms with Crippen molar-refractivity contribution in [2.24, 2.45) is 0 Å². The third-order valence-corrected chi connectivity index (χ3v) is 4.51. The first-order valence-corrected chi connectivity index (χ1v) is 7.08. The Morgan fingerprint density at radius 1 is 1.33 bits per heavy atom. The van der Waals surface area contributed by atoms with Crippen LogP contribution in [0.4, 0.5) is 0 Å². The van der Waals surface area contributed by atoms with Gasteiger partial charge in [-0.25, -0.2) is 4.79 Å². The van der Waals surface area contributed by atoms with Gasteiger partial charge in [0.1, 0.15) is 0 Å². The van der Waals surface area contributed by atoms with Crippen LogP contribution in [0, 0.1) is 0 Å². The number of carboxylic acid groups (broad SMARTS) is 1. The number of fused-ring (bicyclic) bond motifs is 1. The second kappa shape index (κ2) is 4.71. The molecule has 1 N–H and O–H groups in total.